The Hall–Kier alpha value is -0.970. The second-order valence-electron chi connectivity index (χ2n) is 4.28. The number of rotatable bonds is 6. The van der Waals surface area contributed by atoms with Crippen molar-refractivity contribution in [2.24, 2.45) is 5.73 Å². The number of nitrogens with two attached hydrogens (primary N) is 1. The average Bonchev–Trinajstić information content (AvgIpc) is 2.66. The Morgan fingerprint density at radius 1 is 1.32 bits per heavy atom. The van der Waals surface area contributed by atoms with Crippen molar-refractivity contribution in [2.75, 3.05) is 25.6 Å². The summed E-state index contributed by atoms with van der Waals surface area (Å²) in [6.45, 7) is 1.44. The highest BCUT2D eigenvalue weighted by molar-refractivity contribution is 7.91. The SMILES string of the molecule is Cc1[nH]nc(CN)c1S(=O)(=O)N(C)CCS(C)(=O)=O. The van der Waals surface area contributed by atoms with E-state index in [1.807, 2.05) is 0 Å². The molecule has 10 heteroatoms. The maximum atomic E-state index is 12.3. The molecular formula is C9H18N4O4S2. The van der Waals surface area contributed by atoms with Crippen LogP contribution in [0.1, 0.15) is 11.4 Å². The molecule has 1 rings (SSSR count). The van der Waals surface area contributed by atoms with Crippen molar-refractivity contribution >= 4 is 19.9 Å². The first-order valence-electron chi connectivity index (χ1n) is 5.47. The summed E-state index contributed by atoms with van der Waals surface area (Å²) in [4.78, 5) is 0.0194. The van der Waals surface area contributed by atoms with E-state index < -0.39 is 19.9 Å². The molecule has 0 unspecified atom stereocenters. The van der Waals surface area contributed by atoms with Crippen LogP contribution >= 0.6 is 0 Å². The molecule has 0 radical (unpaired) electrons. The van der Waals surface area contributed by atoms with Crippen molar-refractivity contribution in [3.05, 3.63) is 11.4 Å². The fourth-order valence-electron chi connectivity index (χ4n) is 1.52. The second kappa shape index (κ2) is 5.57. The van der Waals surface area contributed by atoms with Crippen LogP contribution in [0.3, 0.4) is 0 Å². The number of hydrogen-bond acceptors (Lipinski definition) is 6. The molecule has 0 saturated heterocycles. The minimum atomic E-state index is -3.80. The molecule has 8 nitrogen and oxygen atoms in total. The number of nitrogens with one attached hydrogen (secondary N) is 1. The highest BCUT2D eigenvalue weighted by Crippen LogP contribution is 2.20. The number of sulfonamides is 1. The molecule has 1 aromatic rings. The molecule has 0 atom stereocenters. The first kappa shape index (κ1) is 16.1. The first-order chi connectivity index (χ1) is 8.59. The Labute approximate surface area is 113 Å². The summed E-state index contributed by atoms with van der Waals surface area (Å²) in [5.74, 6) is -0.239. The maximum absolute atomic E-state index is 12.3. The lowest BCUT2D eigenvalue weighted by atomic mass is 10.4. The van der Waals surface area contributed by atoms with Crippen molar-refractivity contribution in [1.29, 1.82) is 0 Å². The van der Waals surface area contributed by atoms with Crippen LogP contribution in [0.15, 0.2) is 4.90 Å². The molecule has 0 amide bonds. The largest absolute Gasteiger partial charge is 0.325 e. The number of aromatic amines is 1. The molecule has 110 valence electrons. The third-order valence-corrected chi connectivity index (χ3v) is 5.58. The van der Waals surface area contributed by atoms with E-state index in [0.29, 0.717) is 5.69 Å². The maximum Gasteiger partial charge on any atom is 0.246 e. The van der Waals surface area contributed by atoms with Crippen LogP contribution in [0.2, 0.25) is 0 Å². The molecule has 0 spiro atoms. The van der Waals surface area contributed by atoms with Gasteiger partial charge in [0.1, 0.15) is 14.7 Å². The standard InChI is InChI=1S/C9H18N4O4S2/c1-7-9(8(6-10)12-11-7)19(16,17)13(2)4-5-18(3,14)15/h4-6,10H2,1-3H3,(H,11,12). The fraction of sp³-hybridized carbons (Fsp3) is 0.667. The van der Waals surface area contributed by atoms with E-state index in [1.54, 1.807) is 6.92 Å². The van der Waals surface area contributed by atoms with Gasteiger partial charge in [-0.05, 0) is 6.92 Å². The van der Waals surface area contributed by atoms with Crippen molar-refractivity contribution in [3.8, 4) is 0 Å². The van der Waals surface area contributed by atoms with Gasteiger partial charge in [-0.2, -0.15) is 9.40 Å². The fourth-order valence-corrected chi connectivity index (χ4v) is 3.74. The van der Waals surface area contributed by atoms with Gasteiger partial charge >= 0.3 is 0 Å². The normalized spacial score (nSPS) is 13.1. The van der Waals surface area contributed by atoms with Crippen molar-refractivity contribution in [2.45, 2.75) is 18.4 Å². The van der Waals surface area contributed by atoms with Gasteiger partial charge in [0.25, 0.3) is 0 Å². The Bertz CT molecular complexity index is 648. The summed E-state index contributed by atoms with van der Waals surface area (Å²) in [7, 11) is -5.70. The summed E-state index contributed by atoms with van der Waals surface area (Å²) >= 11 is 0. The smallest absolute Gasteiger partial charge is 0.246 e. The van der Waals surface area contributed by atoms with Gasteiger partial charge in [0.2, 0.25) is 10.0 Å². The Morgan fingerprint density at radius 3 is 2.37 bits per heavy atom. The molecule has 0 aliphatic carbocycles. The van der Waals surface area contributed by atoms with Crippen LogP contribution < -0.4 is 5.73 Å². The van der Waals surface area contributed by atoms with E-state index in [1.165, 1.54) is 7.05 Å². The van der Waals surface area contributed by atoms with Crippen LogP contribution in [0.4, 0.5) is 0 Å². The van der Waals surface area contributed by atoms with E-state index in [-0.39, 0.29) is 29.4 Å². The number of sulfone groups is 1. The van der Waals surface area contributed by atoms with Gasteiger partial charge in [-0.1, -0.05) is 0 Å². The van der Waals surface area contributed by atoms with Crippen molar-refractivity contribution in [1.82, 2.24) is 14.5 Å². The molecule has 0 aliphatic heterocycles. The van der Waals surface area contributed by atoms with Gasteiger partial charge in [0, 0.05) is 26.4 Å². The topological polar surface area (TPSA) is 126 Å². The minimum Gasteiger partial charge on any atom is -0.325 e. The highest BCUT2D eigenvalue weighted by Gasteiger charge is 2.28. The molecule has 0 saturated carbocycles. The van der Waals surface area contributed by atoms with E-state index in [0.717, 1.165) is 10.6 Å². The summed E-state index contributed by atoms with van der Waals surface area (Å²) in [6, 6.07) is 0. The molecule has 19 heavy (non-hydrogen) atoms. The van der Waals surface area contributed by atoms with Crippen LogP contribution in [-0.4, -0.2) is 56.9 Å². The third-order valence-electron chi connectivity index (χ3n) is 2.60. The van der Waals surface area contributed by atoms with Gasteiger partial charge in [0.05, 0.1) is 17.1 Å². The summed E-state index contributed by atoms with van der Waals surface area (Å²) in [5.41, 5.74) is 6.06. The lowest BCUT2D eigenvalue weighted by Gasteiger charge is -2.17. The zero-order valence-corrected chi connectivity index (χ0v) is 12.7. The van der Waals surface area contributed by atoms with Crippen LogP contribution in [0.25, 0.3) is 0 Å². The summed E-state index contributed by atoms with van der Waals surface area (Å²) in [5, 5.41) is 6.39. The van der Waals surface area contributed by atoms with E-state index >= 15 is 0 Å². The molecule has 1 aromatic heterocycles. The third kappa shape index (κ3) is 3.75. The van der Waals surface area contributed by atoms with Crippen LogP contribution in [0.5, 0.6) is 0 Å². The van der Waals surface area contributed by atoms with Gasteiger partial charge in [-0.25, -0.2) is 16.8 Å². The first-order valence-corrected chi connectivity index (χ1v) is 8.97. The van der Waals surface area contributed by atoms with Crippen LogP contribution in [0, 0.1) is 6.92 Å². The number of hydrogen-bond donors (Lipinski definition) is 2. The average molecular weight is 310 g/mol. The Morgan fingerprint density at radius 2 is 1.89 bits per heavy atom. The zero-order chi connectivity index (χ0) is 14.8. The number of aromatic nitrogens is 2. The van der Waals surface area contributed by atoms with E-state index in [4.69, 9.17) is 5.73 Å². The molecule has 3 N–H and O–H groups in total. The molecular weight excluding hydrogens is 292 g/mol. The predicted octanol–water partition coefficient (Wildman–Crippen LogP) is -1.16. The number of H-pyrrole nitrogens is 1. The van der Waals surface area contributed by atoms with Gasteiger partial charge in [-0.3, -0.25) is 5.10 Å². The van der Waals surface area contributed by atoms with Gasteiger partial charge < -0.3 is 5.73 Å². The van der Waals surface area contributed by atoms with Gasteiger partial charge in [0.15, 0.2) is 0 Å². The minimum absolute atomic E-state index is 0.0151. The monoisotopic (exact) mass is 310 g/mol. The van der Waals surface area contributed by atoms with Crippen LogP contribution in [-0.2, 0) is 26.4 Å². The van der Waals surface area contributed by atoms with E-state index in [9.17, 15) is 16.8 Å². The Kier molecular flexibility index (Phi) is 4.72. The second-order valence-corrected chi connectivity index (χ2v) is 8.53. The predicted molar refractivity (Wildman–Crippen MR) is 70.7 cm³/mol. The molecule has 0 fully saturated rings. The summed E-state index contributed by atoms with van der Waals surface area (Å²) in [6.07, 6.45) is 1.06. The number of nitrogens with zero attached hydrogens (tertiary/aromatic N) is 2. The van der Waals surface area contributed by atoms with Crippen molar-refractivity contribution in [3.63, 3.8) is 0 Å². The van der Waals surface area contributed by atoms with Gasteiger partial charge in [-0.15, -0.1) is 0 Å². The molecule has 0 aliphatic rings. The van der Waals surface area contributed by atoms with Crippen molar-refractivity contribution < 1.29 is 16.8 Å². The quantitative estimate of drug-likeness (QED) is 0.682. The molecule has 0 bridgehead atoms. The van der Waals surface area contributed by atoms with E-state index in [2.05, 4.69) is 10.2 Å². The lowest BCUT2D eigenvalue weighted by molar-refractivity contribution is 0.483. The Balaban J connectivity index is 3.07. The molecule has 0 aromatic carbocycles. The number of aryl methyl sites for hydroxylation is 1. The zero-order valence-electron chi connectivity index (χ0n) is 11.0. The lowest BCUT2D eigenvalue weighted by Crippen LogP contribution is -2.32. The highest BCUT2D eigenvalue weighted by atomic mass is 32.2. The summed E-state index contributed by atoms with van der Waals surface area (Å²) < 4.78 is 47.8. The molecule has 1 heterocycles.